The maximum Gasteiger partial charge on any atom is 0.416 e. The van der Waals surface area contributed by atoms with Gasteiger partial charge < -0.3 is 10.4 Å². The summed E-state index contributed by atoms with van der Waals surface area (Å²) in [6.45, 7) is 0.332. The average Bonchev–Trinajstić information content (AvgIpc) is 2.45. The summed E-state index contributed by atoms with van der Waals surface area (Å²) in [6, 6.07) is 7.62. The minimum Gasteiger partial charge on any atom is -0.477 e. The molecule has 0 amide bonds. The summed E-state index contributed by atoms with van der Waals surface area (Å²) in [7, 11) is 0. The second-order valence-corrected chi connectivity index (χ2v) is 4.29. The standard InChI is InChI=1S/C14H11F3N2O2/c15-14(16,17)10-2-4-11(5-3-10)18-7-9-1-6-12(13(20)21)19-8-9/h1-6,8,18H,7H2,(H,20,21). The predicted octanol–water partition coefficient (Wildman–Crippen LogP) is 3.41. The lowest BCUT2D eigenvalue weighted by Crippen LogP contribution is -2.06. The maximum absolute atomic E-state index is 12.4. The first-order valence-electron chi connectivity index (χ1n) is 5.95. The molecule has 2 aromatic rings. The first kappa shape index (κ1) is 14.8. The Balaban J connectivity index is 1.98. The van der Waals surface area contributed by atoms with Crippen molar-refractivity contribution in [2.45, 2.75) is 12.7 Å². The van der Waals surface area contributed by atoms with E-state index in [2.05, 4.69) is 10.3 Å². The van der Waals surface area contributed by atoms with Gasteiger partial charge in [-0.1, -0.05) is 6.07 Å². The molecule has 0 bridgehead atoms. The van der Waals surface area contributed by atoms with Gasteiger partial charge in [-0.2, -0.15) is 13.2 Å². The molecule has 110 valence electrons. The molecule has 1 heterocycles. The zero-order valence-electron chi connectivity index (χ0n) is 10.7. The third kappa shape index (κ3) is 3.95. The molecule has 0 unspecified atom stereocenters. The van der Waals surface area contributed by atoms with E-state index in [0.29, 0.717) is 12.2 Å². The van der Waals surface area contributed by atoms with Crippen molar-refractivity contribution >= 4 is 11.7 Å². The van der Waals surface area contributed by atoms with Gasteiger partial charge in [-0.05, 0) is 35.9 Å². The van der Waals surface area contributed by atoms with Gasteiger partial charge in [0.05, 0.1) is 5.56 Å². The summed E-state index contributed by atoms with van der Waals surface area (Å²) in [5.74, 6) is -1.11. The number of pyridine rings is 1. The monoisotopic (exact) mass is 296 g/mol. The second-order valence-electron chi connectivity index (χ2n) is 4.29. The molecule has 0 spiro atoms. The summed E-state index contributed by atoms with van der Waals surface area (Å²) < 4.78 is 37.2. The summed E-state index contributed by atoms with van der Waals surface area (Å²) in [5.41, 5.74) is 0.485. The highest BCUT2D eigenvalue weighted by molar-refractivity contribution is 5.85. The molecule has 2 N–H and O–H groups in total. The third-order valence-electron chi connectivity index (χ3n) is 2.75. The number of anilines is 1. The van der Waals surface area contributed by atoms with E-state index >= 15 is 0 Å². The number of aromatic carboxylic acids is 1. The number of halogens is 3. The van der Waals surface area contributed by atoms with Crippen molar-refractivity contribution in [2.24, 2.45) is 0 Å². The molecule has 0 fully saturated rings. The molecule has 21 heavy (non-hydrogen) atoms. The van der Waals surface area contributed by atoms with Crippen LogP contribution in [-0.2, 0) is 12.7 Å². The van der Waals surface area contributed by atoms with Crippen LogP contribution in [0.5, 0.6) is 0 Å². The van der Waals surface area contributed by atoms with Crippen LogP contribution in [0.4, 0.5) is 18.9 Å². The first-order valence-corrected chi connectivity index (χ1v) is 5.95. The number of benzene rings is 1. The van der Waals surface area contributed by atoms with E-state index in [-0.39, 0.29) is 5.69 Å². The minimum atomic E-state index is -4.35. The normalized spacial score (nSPS) is 11.2. The van der Waals surface area contributed by atoms with E-state index in [1.807, 2.05) is 0 Å². The van der Waals surface area contributed by atoms with Gasteiger partial charge in [0.25, 0.3) is 0 Å². The van der Waals surface area contributed by atoms with Crippen molar-refractivity contribution < 1.29 is 23.1 Å². The number of nitrogens with one attached hydrogen (secondary N) is 1. The highest BCUT2D eigenvalue weighted by Gasteiger charge is 2.29. The van der Waals surface area contributed by atoms with Crippen molar-refractivity contribution in [1.82, 2.24) is 4.98 Å². The van der Waals surface area contributed by atoms with E-state index in [9.17, 15) is 18.0 Å². The summed E-state index contributed by atoms with van der Waals surface area (Å²) in [5, 5.41) is 11.6. The molecule has 0 saturated carbocycles. The Morgan fingerprint density at radius 2 is 1.81 bits per heavy atom. The first-order chi connectivity index (χ1) is 9.86. The Labute approximate surface area is 118 Å². The van der Waals surface area contributed by atoms with Crippen LogP contribution >= 0.6 is 0 Å². The van der Waals surface area contributed by atoms with Crippen LogP contribution in [0.2, 0.25) is 0 Å². The molecule has 0 saturated heterocycles. The van der Waals surface area contributed by atoms with Gasteiger partial charge in [-0.25, -0.2) is 9.78 Å². The molecular formula is C14H11F3N2O2. The molecule has 1 aromatic heterocycles. The fraction of sp³-hybridized carbons (Fsp3) is 0.143. The van der Waals surface area contributed by atoms with Crippen LogP contribution in [0.15, 0.2) is 42.6 Å². The number of nitrogens with zero attached hydrogens (tertiary/aromatic N) is 1. The summed E-state index contributed by atoms with van der Waals surface area (Å²) in [4.78, 5) is 14.4. The molecule has 0 aliphatic heterocycles. The van der Waals surface area contributed by atoms with Crippen molar-refractivity contribution in [3.63, 3.8) is 0 Å². The van der Waals surface area contributed by atoms with Crippen molar-refractivity contribution in [3.8, 4) is 0 Å². The van der Waals surface area contributed by atoms with Gasteiger partial charge in [0.1, 0.15) is 5.69 Å². The average molecular weight is 296 g/mol. The van der Waals surface area contributed by atoms with Crippen LogP contribution < -0.4 is 5.32 Å². The van der Waals surface area contributed by atoms with Gasteiger partial charge in [0, 0.05) is 18.4 Å². The molecule has 1 aromatic carbocycles. The molecule has 0 atom stereocenters. The number of carboxylic acid groups (broad SMARTS) is 1. The molecular weight excluding hydrogens is 285 g/mol. The van der Waals surface area contributed by atoms with Gasteiger partial charge in [0.2, 0.25) is 0 Å². The number of hydrogen-bond acceptors (Lipinski definition) is 3. The zero-order chi connectivity index (χ0) is 15.5. The Morgan fingerprint density at radius 1 is 1.14 bits per heavy atom. The Morgan fingerprint density at radius 3 is 2.29 bits per heavy atom. The highest BCUT2D eigenvalue weighted by Crippen LogP contribution is 2.29. The number of carboxylic acids is 1. The van der Waals surface area contributed by atoms with Gasteiger partial charge >= 0.3 is 12.1 Å². The maximum atomic E-state index is 12.4. The number of carbonyl (C=O) groups is 1. The number of hydrogen-bond donors (Lipinski definition) is 2. The Kier molecular flexibility index (Phi) is 4.11. The lowest BCUT2D eigenvalue weighted by Gasteiger charge is -2.09. The molecule has 4 nitrogen and oxygen atoms in total. The van der Waals surface area contributed by atoms with Crippen LogP contribution in [0.25, 0.3) is 0 Å². The van der Waals surface area contributed by atoms with Crippen molar-refractivity contribution in [2.75, 3.05) is 5.32 Å². The minimum absolute atomic E-state index is 0.0618. The van der Waals surface area contributed by atoms with E-state index in [1.165, 1.54) is 24.4 Å². The molecule has 0 aliphatic rings. The van der Waals surface area contributed by atoms with Crippen LogP contribution in [0.1, 0.15) is 21.6 Å². The van der Waals surface area contributed by atoms with Crippen LogP contribution in [0.3, 0.4) is 0 Å². The number of aromatic nitrogens is 1. The van der Waals surface area contributed by atoms with E-state index in [0.717, 1.165) is 17.7 Å². The Bertz CT molecular complexity index is 622. The highest BCUT2D eigenvalue weighted by atomic mass is 19.4. The largest absolute Gasteiger partial charge is 0.477 e. The fourth-order valence-corrected chi connectivity index (χ4v) is 1.64. The lowest BCUT2D eigenvalue weighted by molar-refractivity contribution is -0.137. The van der Waals surface area contributed by atoms with Crippen LogP contribution in [-0.4, -0.2) is 16.1 Å². The zero-order valence-corrected chi connectivity index (χ0v) is 10.7. The predicted molar refractivity (Wildman–Crippen MR) is 70.0 cm³/mol. The van der Waals surface area contributed by atoms with Crippen LogP contribution in [0, 0.1) is 0 Å². The van der Waals surface area contributed by atoms with Gasteiger partial charge in [0.15, 0.2) is 0 Å². The summed E-state index contributed by atoms with van der Waals surface area (Å²) in [6.07, 6.45) is -2.95. The molecule has 0 aliphatic carbocycles. The smallest absolute Gasteiger partial charge is 0.416 e. The van der Waals surface area contributed by atoms with Crippen molar-refractivity contribution in [1.29, 1.82) is 0 Å². The van der Waals surface area contributed by atoms with E-state index in [1.54, 1.807) is 6.07 Å². The fourth-order valence-electron chi connectivity index (χ4n) is 1.64. The van der Waals surface area contributed by atoms with Gasteiger partial charge in [-0.15, -0.1) is 0 Å². The Hall–Kier alpha value is -2.57. The quantitative estimate of drug-likeness (QED) is 0.907. The topological polar surface area (TPSA) is 62.2 Å². The van der Waals surface area contributed by atoms with E-state index in [4.69, 9.17) is 5.11 Å². The van der Waals surface area contributed by atoms with E-state index < -0.39 is 17.7 Å². The molecule has 2 rings (SSSR count). The number of rotatable bonds is 4. The van der Waals surface area contributed by atoms with Gasteiger partial charge in [-0.3, -0.25) is 0 Å². The van der Waals surface area contributed by atoms with Crippen molar-refractivity contribution in [3.05, 3.63) is 59.4 Å². The lowest BCUT2D eigenvalue weighted by atomic mass is 10.2. The SMILES string of the molecule is O=C(O)c1ccc(CNc2ccc(C(F)(F)F)cc2)cn1. The third-order valence-corrected chi connectivity index (χ3v) is 2.75. The second kappa shape index (κ2) is 5.82. The molecule has 0 radical (unpaired) electrons. The molecule has 7 heteroatoms. The summed E-state index contributed by atoms with van der Waals surface area (Å²) >= 11 is 0. The number of alkyl halides is 3.